The second kappa shape index (κ2) is 4.60. The number of ketones is 2. The first-order chi connectivity index (χ1) is 6.63. The van der Waals surface area contributed by atoms with E-state index in [0.717, 1.165) is 12.3 Å². The monoisotopic (exact) mass is 195 g/mol. The maximum absolute atomic E-state index is 12.6. The van der Waals surface area contributed by atoms with Crippen LogP contribution in [0.4, 0.5) is 4.39 Å². The van der Waals surface area contributed by atoms with Gasteiger partial charge in [0.2, 0.25) is 0 Å². The SMILES string of the molecule is CCC(=O)CC(=O)c1cncc(F)c1. The quantitative estimate of drug-likeness (QED) is 0.543. The summed E-state index contributed by atoms with van der Waals surface area (Å²) in [7, 11) is 0. The number of hydrogen-bond acceptors (Lipinski definition) is 3. The number of rotatable bonds is 4. The van der Waals surface area contributed by atoms with Gasteiger partial charge in [-0.05, 0) is 6.07 Å². The second-order valence-electron chi connectivity index (χ2n) is 2.88. The van der Waals surface area contributed by atoms with Crippen molar-refractivity contribution >= 4 is 11.6 Å². The van der Waals surface area contributed by atoms with Crippen LogP contribution in [0.15, 0.2) is 18.5 Å². The number of Topliss-reactive ketones (excluding diaryl/α,β-unsaturated/α-hetero) is 2. The van der Waals surface area contributed by atoms with Crippen LogP contribution < -0.4 is 0 Å². The van der Waals surface area contributed by atoms with Crippen molar-refractivity contribution in [3.8, 4) is 0 Å². The molecule has 3 nitrogen and oxygen atoms in total. The number of nitrogens with zero attached hydrogens (tertiary/aromatic N) is 1. The molecule has 4 heteroatoms. The van der Waals surface area contributed by atoms with Gasteiger partial charge in [-0.25, -0.2) is 4.39 Å². The van der Waals surface area contributed by atoms with E-state index in [0.29, 0.717) is 6.42 Å². The fourth-order valence-corrected chi connectivity index (χ4v) is 0.970. The second-order valence-corrected chi connectivity index (χ2v) is 2.88. The van der Waals surface area contributed by atoms with E-state index in [4.69, 9.17) is 0 Å². The van der Waals surface area contributed by atoms with Crippen molar-refractivity contribution in [2.24, 2.45) is 0 Å². The largest absolute Gasteiger partial charge is 0.299 e. The molecule has 14 heavy (non-hydrogen) atoms. The van der Waals surface area contributed by atoms with Crippen molar-refractivity contribution in [2.75, 3.05) is 0 Å². The van der Waals surface area contributed by atoms with Gasteiger partial charge in [-0.3, -0.25) is 14.6 Å². The molecule has 0 aromatic carbocycles. The van der Waals surface area contributed by atoms with Crippen LogP contribution in [0.5, 0.6) is 0 Å². The lowest BCUT2D eigenvalue weighted by molar-refractivity contribution is -0.117. The van der Waals surface area contributed by atoms with Gasteiger partial charge >= 0.3 is 0 Å². The minimum absolute atomic E-state index is 0.145. The zero-order valence-corrected chi connectivity index (χ0v) is 7.79. The Morgan fingerprint density at radius 3 is 2.71 bits per heavy atom. The van der Waals surface area contributed by atoms with Gasteiger partial charge in [0.05, 0.1) is 12.6 Å². The highest BCUT2D eigenvalue weighted by molar-refractivity contribution is 6.07. The molecule has 1 aromatic heterocycles. The van der Waals surface area contributed by atoms with Crippen molar-refractivity contribution in [3.63, 3.8) is 0 Å². The molecule has 0 amide bonds. The Labute approximate surface area is 81.0 Å². The van der Waals surface area contributed by atoms with Gasteiger partial charge in [-0.2, -0.15) is 0 Å². The molecular weight excluding hydrogens is 185 g/mol. The zero-order valence-electron chi connectivity index (χ0n) is 7.79. The predicted molar refractivity (Wildman–Crippen MR) is 48.4 cm³/mol. The summed E-state index contributed by atoms with van der Waals surface area (Å²) in [6.07, 6.45) is 2.41. The number of halogens is 1. The van der Waals surface area contributed by atoms with Crippen molar-refractivity contribution < 1.29 is 14.0 Å². The molecule has 0 aliphatic heterocycles. The van der Waals surface area contributed by atoms with E-state index < -0.39 is 5.82 Å². The smallest absolute Gasteiger partial charge is 0.171 e. The molecule has 0 radical (unpaired) electrons. The van der Waals surface area contributed by atoms with E-state index in [-0.39, 0.29) is 23.6 Å². The zero-order chi connectivity index (χ0) is 10.6. The molecule has 0 atom stereocenters. The van der Waals surface area contributed by atoms with E-state index in [1.165, 1.54) is 6.20 Å². The molecule has 0 fully saturated rings. The Hall–Kier alpha value is -1.58. The summed E-state index contributed by atoms with van der Waals surface area (Å²) in [5.74, 6) is -1.11. The van der Waals surface area contributed by atoms with E-state index in [9.17, 15) is 14.0 Å². The number of aromatic nitrogens is 1. The molecular formula is C10H10FNO2. The predicted octanol–water partition coefficient (Wildman–Crippen LogP) is 1.77. The van der Waals surface area contributed by atoms with Crippen LogP contribution >= 0.6 is 0 Å². The molecule has 1 aromatic rings. The third kappa shape index (κ3) is 2.73. The van der Waals surface area contributed by atoms with E-state index in [2.05, 4.69) is 4.98 Å². The first-order valence-electron chi connectivity index (χ1n) is 4.29. The highest BCUT2D eigenvalue weighted by Crippen LogP contribution is 2.05. The Morgan fingerprint density at radius 1 is 1.43 bits per heavy atom. The lowest BCUT2D eigenvalue weighted by Gasteiger charge is -1.98. The Balaban J connectivity index is 2.75. The minimum atomic E-state index is -0.570. The summed E-state index contributed by atoms with van der Waals surface area (Å²) >= 11 is 0. The molecule has 1 heterocycles. The van der Waals surface area contributed by atoms with Crippen LogP contribution in [0, 0.1) is 5.82 Å². The fourth-order valence-electron chi connectivity index (χ4n) is 0.970. The van der Waals surface area contributed by atoms with Gasteiger partial charge in [-0.1, -0.05) is 6.92 Å². The first kappa shape index (κ1) is 10.5. The topological polar surface area (TPSA) is 47.0 Å². The van der Waals surface area contributed by atoms with Gasteiger partial charge < -0.3 is 0 Å². The summed E-state index contributed by atoms with van der Waals surface area (Å²) in [6.45, 7) is 1.68. The van der Waals surface area contributed by atoms with Crippen LogP contribution in [0.3, 0.4) is 0 Å². The van der Waals surface area contributed by atoms with Crippen LogP contribution in [0.25, 0.3) is 0 Å². The summed E-state index contributed by atoms with van der Waals surface area (Å²) < 4.78 is 12.6. The average Bonchev–Trinajstić information content (AvgIpc) is 2.17. The third-order valence-electron chi connectivity index (χ3n) is 1.78. The number of carbonyl (C=O) groups excluding carboxylic acids is 2. The van der Waals surface area contributed by atoms with Crippen molar-refractivity contribution in [2.45, 2.75) is 19.8 Å². The standard InChI is InChI=1S/C10H10FNO2/c1-2-9(13)4-10(14)7-3-8(11)6-12-5-7/h3,5-6H,2,4H2,1H3. The van der Waals surface area contributed by atoms with Gasteiger partial charge in [-0.15, -0.1) is 0 Å². The molecule has 0 N–H and O–H groups in total. The summed E-state index contributed by atoms with van der Waals surface area (Å²) in [4.78, 5) is 25.8. The normalized spacial score (nSPS) is 9.86. The Kier molecular flexibility index (Phi) is 3.45. The molecule has 0 saturated carbocycles. The minimum Gasteiger partial charge on any atom is -0.299 e. The highest BCUT2D eigenvalue weighted by atomic mass is 19.1. The fraction of sp³-hybridized carbons (Fsp3) is 0.300. The summed E-state index contributed by atoms with van der Waals surface area (Å²) in [5, 5.41) is 0. The summed E-state index contributed by atoms with van der Waals surface area (Å²) in [6, 6.07) is 1.08. The van der Waals surface area contributed by atoms with Gasteiger partial charge in [0.15, 0.2) is 5.78 Å². The first-order valence-corrected chi connectivity index (χ1v) is 4.29. The van der Waals surface area contributed by atoms with E-state index >= 15 is 0 Å². The van der Waals surface area contributed by atoms with Crippen LogP contribution in [0.1, 0.15) is 30.1 Å². The molecule has 0 unspecified atom stereocenters. The maximum Gasteiger partial charge on any atom is 0.171 e. The van der Waals surface area contributed by atoms with Crippen LogP contribution in [0.2, 0.25) is 0 Å². The van der Waals surface area contributed by atoms with Crippen molar-refractivity contribution in [1.29, 1.82) is 0 Å². The van der Waals surface area contributed by atoms with Crippen molar-refractivity contribution in [1.82, 2.24) is 4.98 Å². The Bertz CT molecular complexity index is 363. The molecule has 0 saturated heterocycles. The molecule has 0 bridgehead atoms. The van der Waals surface area contributed by atoms with Gasteiger partial charge in [0.1, 0.15) is 11.6 Å². The van der Waals surface area contributed by atoms with Crippen LogP contribution in [-0.4, -0.2) is 16.6 Å². The van der Waals surface area contributed by atoms with Gasteiger partial charge in [0, 0.05) is 18.2 Å². The average molecular weight is 195 g/mol. The van der Waals surface area contributed by atoms with E-state index in [1.807, 2.05) is 0 Å². The summed E-state index contributed by atoms with van der Waals surface area (Å²) in [5.41, 5.74) is 0.145. The van der Waals surface area contributed by atoms with Crippen molar-refractivity contribution in [3.05, 3.63) is 29.8 Å². The molecule has 0 spiro atoms. The lowest BCUT2D eigenvalue weighted by Crippen LogP contribution is -2.07. The van der Waals surface area contributed by atoms with E-state index in [1.54, 1.807) is 6.92 Å². The highest BCUT2D eigenvalue weighted by Gasteiger charge is 2.11. The molecule has 74 valence electrons. The number of hydrogen-bond donors (Lipinski definition) is 0. The number of pyridine rings is 1. The third-order valence-corrected chi connectivity index (χ3v) is 1.78. The molecule has 0 aliphatic carbocycles. The number of carbonyl (C=O) groups is 2. The Morgan fingerprint density at radius 2 is 2.14 bits per heavy atom. The molecule has 1 rings (SSSR count). The van der Waals surface area contributed by atoms with Crippen LogP contribution in [-0.2, 0) is 4.79 Å². The lowest BCUT2D eigenvalue weighted by atomic mass is 10.1. The van der Waals surface area contributed by atoms with Gasteiger partial charge in [0.25, 0.3) is 0 Å². The maximum atomic E-state index is 12.6. The molecule has 0 aliphatic rings.